The van der Waals surface area contributed by atoms with Gasteiger partial charge < -0.3 is 20.6 Å². The maximum Gasteiger partial charge on any atom is 0.323 e. The van der Waals surface area contributed by atoms with E-state index in [0.29, 0.717) is 36.1 Å². The highest BCUT2D eigenvalue weighted by Gasteiger charge is 2.20. The molecule has 0 saturated heterocycles. The van der Waals surface area contributed by atoms with Crippen LogP contribution in [0.2, 0.25) is 0 Å². The topological polar surface area (TPSA) is 107 Å². The second-order valence-electron chi connectivity index (χ2n) is 6.50. The van der Waals surface area contributed by atoms with E-state index < -0.39 is 5.41 Å². The number of aromatic amines is 2. The Hall–Kier alpha value is -2.57. The van der Waals surface area contributed by atoms with Crippen molar-refractivity contribution in [2.24, 2.45) is 5.41 Å². The van der Waals surface area contributed by atoms with Gasteiger partial charge in [0, 0.05) is 24.1 Å². The van der Waals surface area contributed by atoms with Crippen LogP contribution in [0.15, 0.2) is 23.0 Å². The van der Waals surface area contributed by atoms with Gasteiger partial charge in [0.2, 0.25) is 11.8 Å². The van der Waals surface area contributed by atoms with Crippen molar-refractivity contribution in [3.63, 3.8) is 0 Å². The monoisotopic (exact) mass is 318 g/mol. The Labute approximate surface area is 133 Å². The van der Waals surface area contributed by atoms with Crippen LogP contribution in [-0.2, 0) is 9.59 Å². The van der Waals surface area contributed by atoms with Crippen molar-refractivity contribution in [1.29, 1.82) is 0 Å². The molecule has 4 N–H and O–H groups in total. The van der Waals surface area contributed by atoms with Gasteiger partial charge in [-0.05, 0) is 24.6 Å². The largest absolute Gasteiger partial charge is 0.356 e. The van der Waals surface area contributed by atoms with Crippen molar-refractivity contribution in [3.05, 3.63) is 28.7 Å². The molecule has 2 rings (SSSR count). The molecule has 0 saturated carbocycles. The zero-order valence-electron chi connectivity index (χ0n) is 13.6. The number of anilines is 1. The molecule has 124 valence electrons. The normalized spacial score (nSPS) is 11.4. The molecule has 0 aliphatic heterocycles. The number of imidazole rings is 1. The van der Waals surface area contributed by atoms with Crippen LogP contribution in [0.25, 0.3) is 11.0 Å². The average Bonchev–Trinajstić information content (AvgIpc) is 2.81. The fraction of sp³-hybridized carbons (Fsp3) is 0.438. The zero-order chi connectivity index (χ0) is 17.0. The molecule has 0 spiro atoms. The number of amides is 2. The number of hydrogen-bond donors (Lipinski definition) is 4. The summed E-state index contributed by atoms with van der Waals surface area (Å²) in [7, 11) is 0. The minimum atomic E-state index is -0.425. The van der Waals surface area contributed by atoms with E-state index >= 15 is 0 Å². The molecule has 2 aromatic rings. The molecule has 0 atom stereocenters. The highest BCUT2D eigenvalue weighted by atomic mass is 16.2. The van der Waals surface area contributed by atoms with Crippen molar-refractivity contribution in [2.75, 3.05) is 11.9 Å². The van der Waals surface area contributed by atoms with Crippen LogP contribution in [0, 0.1) is 5.41 Å². The highest BCUT2D eigenvalue weighted by molar-refractivity contribution is 5.93. The van der Waals surface area contributed by atoms with Gasteiger partial charge in [0.25, 0.3) is 0 Å². The molecule has 0 aliphatic rings. The van der Waals surface area contributed by atoms with Crippen molar-refractivity contribution in [3.8, 4) is 0 Å². The summed E-state index contributed by atoms with van der Waals surface area (Å²) < 4.78 is 0. The zero-order valence-corrected chi connectivity index (χ0v) is 13.6. The summed E-state index contributed by atoms with van der Waals surface area (Å²) in [5.74, 6) is -0.160. The Morgan fingerprint density at radius 3 is 2.52 bits per heavy atom. The van der Waals surface area contributed by atoms with Crippen LogP contribution in [0.3, 0.4) is 0 Å². The van der Waals surface area contributed by atoms with Gasteiger partial charge >= 0.3 is 5.69 Å². The lowest BCUT2D eigenvalue weighted by Crippen LogP contribution is -2.35. The molecule has 0 fully saturated rings. The smallest absolute Gasteiger partial charge is 0.323 e. The molecule has 1 heterocycles. The van der Waals surface area contributed by atoms with Gasteiger partial charge in [-0.3, -0.25) is 9.59 Å². The molecular weight excluding hydrogens is 296 g/mol. The van der Waals surface area contributed by atoms with E-state index in [2.05, 4.69) is 20.6 Å². The third-order valence-electron chi connectivity index (χ3n) is 3.35. The lowest BCUT2D eigenvalue weighted by molar-refractivity contribution is -0.128. The third-order valence-corrected chi connectivity index (χ3v) is 3.35. The second-order valence-corrected chi connectivity index (χ2v) is 6.50. The molecular formula is C16H22N4O3. The fourth-order valence-corrected chi connectivity index (χ4v) is 2.05. The summed E-state index contributed by atoms with van der Waals surface area (Å²) in [6, 6.07) is 5.16. The first-order valence-corrected chi connectivity index (χ1v) is 7.56. The van der Waals surface area contributed by atoms with Crippen molar-refractivity contribution in [1.82, 2.24) is 15.3 Å². The van der Waals surface area contributed by atoms with E-state index in [4.69, 9.17) is 0 Å². The average molecular weight is 318 g/mol. The predicted molar refractivity (Wildman–Crippen MR) is 89.2 cm³/mol. The molecule has 1 aromatic heterocycles. The molecule has 2 amide bonds. The SMILES string of the molecule is CC(C)(C)C(=O)NCCCC(=O)Nc1ccc2[nH]c(=O)[nH]c2c1. The summed E-state index contributed by atoms with van der Waals surface area (Å²) in [5.41, 5.74) is 1.25. The summed E-state index contributed by atoms with van der Waals surface area (Å²) in [4.78, 5) is 40.0. The number of nitrogens with one attached hydrogen (secondary N) is 4. The number of aromatic nitrogens is 2. The summed E-state index contributed by atoms with van der Waals surface area (Å²) in [6.07, 6.45) is 0.878. The van der Waals surface area contributed by atoms with Crippen LogP contribution < -0.4 is 16.3 Å². The van der Waals surface area contributed by atoms with Crippen molar-refractivity contribution in [2.45, 2.75) is 33.6 Å². The molecule has 0 bridgehead atoms. The molecule has 1 aromatic carbocycles. The van der Waals surface area contributed by atoms with Gasteiger partial charge in [-0.2, -0.15) is 0 Å². The molecule has 23 heavy (non-hydrogen) atoms. The Morgan fingerprint density at radius 1 is 1.13 bits per heavy atom. The van der Waals surface area contributed by atoms with E-state index in [1.807, 2.05) is 20.8 Å². The first kappa shape index (κ1) is 16.8. The van der Waals surface area contributed by atoms with E-state index in [9.17, 15) is 14.4 Å². The minimum absolute atomic E-state index is 0.0280. The predicted octanol–water partition coefficient (Wildman–Crippen LogP) is 1.74. The van der Waals surface area contributed by atoms with Gasteiger partial charge in [-0.15, -0.1) is 0 Å². The Balaban J connectivity index is 1.80. The lowest BCUT2D eigenvalue weighted by atomic mass is 9.96. The molecule has 7 nitrogen and oxygen atoms in total. The van der Waals surface area contributed by atoms with Crippen molar-refractivity contribution < 1.29 is 9.59 Å². The maximum absolute atomic E-state index is 11.9. The molecule has 0 unspecified atom stereocenters. The number of fused-ring (bicyclic) bond motifs is 1. The number of hydrogen-bond acceptors (Lipinski definition) is 3. The number of benzene rings is 1. The summed E-state index contributed by atoms with van der Waals surface area (Å²) in [6.45, 7) is 6.00. The van der Waals surface area contributed by atoms with Gasteiger partial charge in [0.1, 0.15) is 0 Å². The molecule has 0 aliphatic carbocycles. The number of rotatable bonds is 5. The van der Waals surface area contributed by atoms with E-state index in [0.717, 1.165) is 0 Å². The first-order valence-electron chi connectivity index (χ1n) is 7.56. The second kappa shape index (κ2) is 6.68. The Kier molecular flexibility index (Phi) is 4.88. The minimum Gasteiger partial charge on any atom is -0.356 e. The van der Waals surface area contributed by atoms with Crippen LogP contribution in [0.4, 0.5) is 5.69 Å². The van der Waals surface area contributed by atoms with Gasteiger partial charge in [0.15, 0.2) is 0 Å². The molecule has 7 heteroatoms. The fourth-order valence-electron chi connectivity index (χ4n) is 2.05. The number of carbonyl (C=O) groups excluding carboxylic acids is 2. The maximum atomic E-state index is 11.9. The number of H-pyrrole nitrogens is 2. The number of carbonyl (C=O) groups is 2. The Morgan fingerprint density at radius 2 is 1.83 bits per heavy atom. The summed E-state index contributed by atoms with van der Waals surface area (Å²) in [5, 5.41) is 5.58. The Bertz CT molecular complexity index is 767. The quantitative estimate of drug-likeness (QED) is 0.631. The lowest BCUT2D eigenvalue weighted by Gasteiger charge is -2.17. The van der Waals surface area contributed by atoms with Crippen LogP contribution in [0.1, 0.15) is 33.6 Å². The standard InChI is InChI=1S/C16H22N4O3/c1-16(2,3)14(22)17-8-4-5-13(21)18-10-6-7-11-12(9-10)20-15(23)19-11/h6-7,9H,4-5,8H2,1-3H3,(H,17,22)(H,18,21)(H2,19,20,23). The van der Waals surface area contributed by atoms with Gasteiger partial charge in [-0.25, -0.2) is 4.79 Å². The van der Waals surface area contributed by atoms with Gasteiger partial charge in [-0.1, -0.05) is 20.8 Å². The van der Waals surface area contributed by atoms with E-state index in [-0.39, 0.29) is 17.5 Å². The van der Waals surface area contributed by atoms with Crippen LogP contribution in [0.5, 0.6) is 0 Å². The highest BCUT2D eigenvalue weighted by Crippen LogP contribution is 2.15. The van der Waals surface area contributed by atoms with Crippen LogP contribution >= 0.6 is 0 Å². The van der Waals surface area contributed by atoms with Gasteiger partial charge in [0.05, 0.1) is 11.0 Å². The summed E-state index contributed by atoms with van der Waals surface area (Å²) >= 11 is 0. The van der Waals surface area contributed by atoms with Crippen molar-refractivity contribution >= 4 is 28.5 Å². The van der Waals surface area contributed by atoms with E-state index in [1.54, 1.807) is 18.2 Å². The first-order chi connectivity index (χ1) is 10.8. The third kappa shape index (κ3) is 4.70. The van der Waals surface area contributed by atoms with Crippen LogP contribution in [-0.4, -0.2) is 28.3 Å². The van der Waals surface area contributed by atoms with E-state index in [1.165, 1.54) is 0 Å². The molecule has 0 radical (unpaired) electrons.